The van der Waals surface area contributed by atoms with Crippen molar-refractivity contribution in [3.05, 3.63) is 51.0 Å². The van der Waals surface area contributed by atoms with Gasteiger partial charge in [-0.1, -0.05) is 39.2 Å². The molecule has 1 aromatic rings. The Morgan fingerprint density at radius 2 is 2.16 bits per heavy atom. The summed E-state index contributed by atoms with van der Waals surface area (Å²) in [5.74, 6) is 0.465. The fourth-order valence-corrected chi connectivity index (χ4v) is 2.62. The number of benzene rings is 1. The van der Waals surface area contributed by atoms with Crippen LogP contribution >= 0.6 is 15.9 Å². The van der Waals surface area contributed by atoms with Gasteiger partial charge in [0.2, 0.25) is 11.1 Å². The molecule has 0 aliphatic carbocycles. The predicted octanol–water partition coefficient (Wildman–Crippen LogP) is 3.29. The van der Waals surface area contributed by atoms with E-state index < -0.39 is 11.1 Å². The largest absolute Gasteiger partial charge is 0.400 e. The lowest BCUT2D eigenvalue weighted by atomic mass is 10.3. The molecule has 0 fully saturated rings. The summed E-state index contributed by atoms with van der Waals surface area (Å²) in [4.78, 5) is 2.69. The number of para-hydroxylation sites is 1. The van der Waals surface area contributed by atoms with Gasteiger partial charge in [0.15, 0.2) is 0 Å². The molecular formula is C11H12BrN3O3S. The third kappa shape index (κ3) is 5.89. The van der Waals surface area contributed by atoms with Crippen molar-refractivity contribution in [1.82, 2.24) is 0 Å². The van der Waals surface area contributed by atoms with Gasteiger partial charge < -0.3 is 8.92 Å². The normalized spacial score (nSPS) is 13.2. The summed E-state index contributed by atoms with van der Waals surface area (Å²) in [5, 5.41) is 3.48. The molecule has 0 N–H and O–H groups in total. The van der Waals surface area contributed by atoms with Crippen molar-refractivity contribution in [3.8, 4) is 5.75 Å². The Labute approximate surface area is 121 Å². The predicted molar refractivity (Wildman–Crippen MR) is 77.1 cm³/mol. The first-order valence-electron chi connectivity index (χ1n) is 5.20. The van der Waals surface area contributed by atoms with Gasteiger partial charge in [-0.25, -0.2) is 4.21 Å². The molecule has 1 atom stereocenters. The van der Waals surface area contributed by atoms with E-state index in [1.807, 2.05) is 6.07 Å². The van der Waals surface area contributed by atoms with Gasteiger partial charge in [-0.05, 0) is 17.7 Å². The second-order valence-electron chi connectivity index (χ2n) is 3.32. The van der Waals surface area contributed by atoms with E-state index in [9.17, 15) is 4.21 Å². The molecule has 0 aliphatic heterocycles. The van der Waals surface area contributed by atoms with Crippen LogP contribution in [0.2, 0.25) is 0 Å². The number of ether oxygens (including phenoxy) is 1. The van der Waals surface area contributed by atoms with Crippen molar-refractivity contribution in [2.75, 3.05) is 19.5 Å². The highest BCUT2D eigenvalue weighted by atomic mass is 79.9. The average Bonchev–Trinajstić information content (AvgIpc) is 2.39. The van der Waals surface area contributed by atoms with Gasteiger partial charge in [0.25, 0.3) is 0 Å². The lowest BCUT2D eigenvalue weighted by Gasteiger charge is -2.06. The van der Waals surface area contributed by atoms with E-state index in [-0.39, 0.29) is 12.4 Å². The van der Waals surface area contributed by atoms with E-state index in [4.69, 9.17) is 14.5 Å². The maximum Gasteiger partial charge on any atom is 0.210 e. The van der Waals surface area contributed by atoms with Crippen LogP contribution in [0.1, 0.15) is 0 Å². The third-order valence-corrected chi connectivity index (χ3v) is 3.51. The lowest BCUT2D eigenvalue weighted by molar-refractivity contribution is 0.231. The summed E-state index contributed by atoms with van der Waals surface area (Å²) in [6, 6.07) is 8.77. The lowest BCUT2D eigenvalue weighted by Crippen LogP contribution is -2.08. The summed E-state index contributed by atoms with van der Waals surface area (Å²) >= 11 is 1.58. The van der Waals surface area contributed by atoms with Crippen molar-refractivity contribution < 1.29 is 13.1 Å². The zero-order chi connectivity index (χ0) is 14.1. The first-order valence-corrected chi connectivity index (χ1v) is 7.24. The van der Waals surface area contributed by atoms with Gasteiger partial charge >= 0.3 is 0 Å². The van der Waals surface area contributed by atoms with E-state index >= 15 is 0 Å². The zero-order valence-electron chi connectivity index (χ0n) is 10.2. The molecule has 0 spiro atoms. The van der Waals surface area contributed by atoms with E-state index in [0.29, 0.717) is 15.9 Å². The van der Waals surface area contributed by atoms with E-state index in [2.05, 4.69) is 26.0 Å². The zero-order valence-corrected chi connectivity index (χ0v) is 12.6. The van der Waals surface area contributed by atoms with Crippen LogP contribution < -0.4 is 4.18 Å². The highest BCUT2D eigenvalue weighted by Crippen LogP contribution is 2.17. The van der Waals surface area contributed by atoms with Gasteiger partial charge in [-0.3, -0.25) is 0 Å². The molecule has 0 saturated heterocycles. The Kier molecular flexibility index (Phi) is 7.20. The Hall–Kier alpha value is -1.34. The molecule has 1 aromatic carbocycles. The van der Waals surface area contributed by atoms with Crippen molar-refractivity contribution in [2.45, 2.75) is 0 Å². The van der Waals surface area contributed by atoms with Crippen LogP contribution in [0.5, 0.6) is 5.75 Å². The maximum atomic E-state index is 11.8. The van der Waals surface area contributed by atoms with Crippen molar-refractivity contribution in [2.24, 2.45) is 5.11 Å². The van der Waals surface area contributed by atoms with Crippen LogP contribution in [0, 0.1) is 0 Å². The molecule has 0 saturated carbocycles. The van der Waals surface area contributed by atoms with Crippen molar-refractivity contribution in [3.63, 3.8) is 0 Å². The average molecular weight is 346 g/mol. The molecule has 0 heterocycles. The Bertz CT molecular complexity index is 515. The van der Waals surface area contributed by atoms with E-state index in [1.54, 1.807) is 24.3 Å². The van der Waals surface area contributed by atoms with Crippen LogP contribution in [0.25, 0.3) is 10.4 Å². The number of rotatable bonds is 7. The molecule has 6 nitrogen and oxygen atoms in total. The van der Waals surface area contributed by atoms with Crippen LogP contribution in [-0.2, 0) is 15.8 Å². The molecule has 1 unspecified atom stereocenters. The molecule has 19 heavy (non-hydrogen) atoms. The van der Waals surface area contributed by atoms with Crippen LogP contribution in [-0.4, -0.2) is 23.7 Å². The van der Waals surface area contributed by atoms with Crippen LogP contribution in [0.3, 0.4) is 0 Å². The monoisotopic (exact) mass is 345 g/mol. The highest BCUT2D eigenvalue weighted by molar-refractivity contribution is 9.11. The molecule has 1 rings (SSSR count). The number of hydrogen-bond acceptors (Lipinski definition) is 4. The summed E-state index contributed by atoms with van der Waals surface area (Å²) in [5.41, 5.74) is 8.77. The molecule has 0 bridgehead atoms. The number of hydrogen-bond donors (Lipinski definition) is 0. The number of methoxy groups -OCH3 is 1. The third-order valence-electron chi connectivity index (χ3n) is 1.94. The van der Waals surface area contributed by atoms with Crippen LogP contribution in [0.15, 0.2) is 45.6 Å². The second-order valence-corrected chi connectivity index (χ2v) is 5.34. The standard InChI is InChI=1S/C11H12BrN3O3S/c1-17-7-10(12)11(14-15-13)8-19(16)18-9-5-3-2-4-6-9/h2-6H,7-8H2,1H3/b11-10-. The smallest absolute Gasteiger partial charge is 0.210 e. The van der Waals surface area contributed by atoms with Crippen molar-refractivity contribution >= 4 is 27.0 Å². The minimum Gasteiger partial charge on any atom is -0.400 e. The topological polar surface area (TPSA) is 84.3 Å². The quantitative estimate of drug-likeness (QED) is 0.431. The summed E-state index contributed by atoms with van der Waals surface area (Å²) < 4.78 is 22.5. The molecule has 0 radical (unpaired) electrons. The van der Waals surface area contributed by atoms with E-state index in [0.717, 1.165) is 0 Å². The molecule has 0 aliphatic rings. The van der Waals surface area contributed by atoms with Gasteiger partial charge in [0.05, 0.1) is 12.4 Å². The van der Waals surface area contributed by atoms with Gasteiger partial charge in [-0.15, -0.1) is 0 Å². The molecule has 8 heteroatoms. The highest BCUT2D eigenvalue weighted by Gasteiger charge is 2.09. The van der Waals surface area contributed by atoms with Gasteiger partial charge in [0, 0.05) is 22.2 Å². The minimum absolute atomic E-state index is 0.0249. The minimum atomic E-state index is -1.64. The Morgan fingerprint density at radius 3 is 2.74 bits per heavy atom. The van der Waals surface area contributed by atoms with E-state index in [1.165, 1.54) is 7.11 Å². The number of halogens is 1. The number of azide groups is 1. The summed E-state index contributed by atoms with van der Waals surface area (Å²) in [6.07, 6.45) is 0. The molecular weight excluding hydrogens is 334 g/mol. The SMILES string of the molecule is COC/C(Br)=C(\CS(=O)Oc1ccccc1)N=[N+]=[N-]. The molecule has 0 amide bonds. The first kappa shape index (κ1) is 15.7. The summed E-state index contributed by atoms with van der Waals surface area (Å²) in [6.45, 7) is 0.233. The molecule has 102 valence electrons. The maximum absolute atomic E-state index is 11.8. The van der Waals surface area contributed by atoms with Gasteiger partial charge in [0.1, 0.15) is 5.75 Å². The van der Waals surface area contributed by atoms with Crippen molar-refractivity contribution in [1.29, 1.82) is 0 Å². The Morgan fingerprint density at radius 1 is 1.47 bits per heavy atom. The van der Waals surface area contributed by atoms with Crippen LogP contribution in [0.4, 0.5) is 0 Å². The summed E-state index contributed by atoms with van der Waals surface area (Å²) in [7, 11) is 1.51. The number of nitrogens with zero attached hydrogens (tertiary/aromatic N) is 3. The first-order chi connectivity index (χ1) is 9.17. The fraction of sp³-hybridized carbons (Fsp3) is 0.273. The van der Waals surface area contributed by atoms with Gasteiger partial charge in [-0.2, -0.15) is 0 Å². The fourth-order valence-electron chi connectivity index (χ4n) is 1.15. The molecule has 0 aromatic heterocycles. The Balaban J connectivity index is 2.72. The second kappa shape index (κ2) is 8.71.